The van der Waals surface area contributed by atoms with Crippen LogP contribution in [0.4, 0.5) is 0 Å². The molecule has 0 heterocycles. The number of fused-ring (bicyclic) bond motifs is 1. The molecule has 3 rings (SSSR count). The smallest absolute Gasteiger partial charge is 0.261 e. The van der Waals surface area contributed by atoms with Gasteiger partial charge in [-0.05, 0) is 70.7 Å². The molecule has 0 unspecified atom stereocenters. The third kappa shape index (κ3) is 6.29. The van der Waals surface area contributed by atoms with Crippen LogP contribution >= 0.6 is 15.9 Å². The van der Waals surface area contributed by atoms with E-state index in [4.69, 9.17) is 9.47 Å². The number of methoxy groups -OCH3 is 1. The Bertz CT molecular complexity index is 1150. The Kier molecular flexibility index (Phi) is 8.93. The van der Waals surface area contributed by atoms with Gasteiger partial charge in [-0.15, -0.1) is 0 Å². The van der Waals surface area contributed by atoms with Gasteiger partial charge in [0, 0.05) is 12.6 Å². The minimum Gasteiger partial charge on any atom is -0.497 e. The summed E-state index contributed by atoms with van der Waals surface area (Å²) in [5.74, 6) is 0.822. The third-order valence-electron chi connectivity index (χ3n) is 5.48. The molecule has 180 valence electrons. The number of nitrogens with one attached hydrogen (secondary N) is 1. The lowest BCUT2D eigenvalue weighted by atomic mass is 10.1. The van der Waals surface area contributed by atoms with Crippen LogP contribution in [0.5, 0.6) is 11.5 Å². The topological polar surface area (TPSA) is 67.9 Å². The van der Waals surface area contributed by atoms with E-state index < -0.39 is 6.04 Å². The van der Waals surface area contributed by atoms with E-state index in [9.17, 15) is 9.59 Å². The average molecular weight is 527 g/mol. The molecular weight excluding hydrogens is 496 g/mol. The van der Waals surface area contributed by atoms with Gasteiger partial charge in [0.25, 0.3) is 5.91 Å². The standard InChI is InChI=1S/C27H31BrN2O4/c1-5-23(27(32)29-18(2)3)30(16-19-9-8-11-21(15-19)33-4)25(31)17-34-24-14-13-20-10-6-7-12-22(20)26(24)28/h6-15,18,23H,5,16-17H2,1-4H3,(H,29,32)/t23-/m1/s1. The molecular formula is C27H31BrN2O4. The van der Waals surface area contributed by atoms with Gasteiger partial charge in [0.1, 0.15) is 17.5 Å². The molecule has 0 fully saturated rings. The van der Waals surface area contributed by atoms with Crippen LogP contribution in [0.15, 0.2) is 65.1 Å². The van der Waals surface area contributed by atoms with Crippen LogP contribution < -0.4 is 14.8 Å². The predicted octanol–water partition coefficient (Wildman–Crippen LogP) is 5.32. The average Bonchev–Trinajstić information content (AvgIpc) is 2.83. The SMILES string of the molecule is CC[C@H](C(=O)NC(C)C)N(Cc1cccc(OC)c1)C(=O)COc1ccc2ccccc2c1Br. The van der Waals surface area contributed by atoms with E-state index in [0.717, 1.165) is 20.8 Å². The van der Waals surface area contributed by atoms with Gasteiger partial charge in [-0.25, -0.2) is 0 Å². The lowest BCUT2D eigenvalue weighted by Crippen LogP contribution is -2.51. The van der Waals surface area contributed by atoms with Crippen LogP contribution in [0.25, 0.3) is 10.8 Å². The first-order valence-corrected chi connectivity index (χ1v) is 12.2. The number of carbonyl (C=O) groups is 2. The number of benzene rings is 3. The maximum atomic E-state index is 13.4. The summed E-state index contributed by atoms with van der Waals surface area (Å²) in [4.78, 5) is 27.9. The molecule has 7 heteroatoms. The Balaban J connectivity index is 1.84. The second-order valence-corrected chi connectivity index (χ2v) is 9.14. The molecule has 0 saturated carbocycles. The normalized spacial score (nSPS) is 11.8. The van der Waals surface area contributed by atoms with Crippen molar-refractivity contribution in [3.05, 3.63) is 70.7 Å². The van der Waals surface area contributed by atoms with Crippen molar-refractivity contribution in [1.29, 1.82) is 0 Å². The van der Waals surface area contributed by atoms with E-state index in [1.807, 2.05) is 81.4 Å². The maximum absolute atomic E-state index is 13.4. The summed E-state index contributed by atoms with van der Waals surface area (Å²) in [7, 11) is 1.60. The van der Waals surface area contributed by atoms with Crippen molar-refractivity contribution in [3.8, 4) is 11.5 Å². The zero-order valence-corrected chi connectivity index (χ0v) is 21.6. The summed E-state index contributed by atoms with van der Waals surface area (Å²) in [6, 6.07) is 18.6. The maximum Gasteiger partial charge on any atom is 0.261 e. The minimum absolute atomic E-state index is 0.0277. The highest BCUT2D eigenvalue weighted by molar-refractivity contribution is 9.10. The Hall–Kier alpha value is -3.06. The first kappa shape index (κ1) is 25.6. The molecule has 0 bridgehead atoms. The van der Waals surface area contributed by atoms with Crippen molar-refractivity contribution < 1.29 is 19.1 Å². The Morgan fingerprint density at radius 3 is 2.53 bits per heavy atom. The molecule has 0 aliphatic rings. The fourth-order valence-electron chi connectivity index (χ4n) is 3.82. The highest BCUT2D eigenvalue weighted by Crippen LogP contribution is 2.33. The monoisotopic (exact) mass is 526 g/mol. The van der Waals surface area contributed by atoms with E-state index in [0.29, 0.717) is 17.9 Å². The van der Waals surface area contributed by atoms with Crippen molar-refractivity contribution in [2.24, 2.45) is 0 Å². The fourth-order valence-corrected chi connectivity index (χ4v) is 4.42. The number of hydrogen-bond acceptors (Lipinski definition) is 4. The van der Waals surface area contributed by atoms with Gasteiger partial charge >= 0.3 is 0 Å². The van der Waals surface area contributed by atoms with Gasteiger partial charge in [0.05, 0.1) is 11.6 Å². The third-order valence-corrected chi connectivity index (χ3v) is 6.30. The summed E-state index contributed by atoms with van der Waals surface area (Å²) in [6.07, 6.45) is 0.480. The van der Waals surface area contributed by atoms with Gasteiger partial charge in [0.2, 0.25) is 5.91 Å². The van der Waals surface area contributed by atoms with Crippen LogP contribution in [0.1, 0.15) is 32.8 Å². The summed E-state index contributed by atoms with van der Waals surface area (Å²) in [5, 5.41) is 5.01. The number of rotatable bonds is 10. The van der Waals surface area contributed by atoms with E-state index in [1.165, 1.54) is 0 Å². The predicted molar refractivity (Wildman–Crippen MR) is 138 cm³/mol. The van der Waals surface area contributed by atoms with E-state index in [1.54, 1.807) is 12.0 Å². The quantitative estimate of drug-likeness (QED) is 0.388. The minimum atomic E-state index is -0.621. The number of ether oxygens (including phenoxy) is 2. The molecule has 1 atom stereocenters. The van der Waals surface area contributed by atoms with Crippen molar-refractivity contribution >= 4 is 38.5 Å². The number of hydrogen-bond donors (Lipinski definition) is 1. The summed E-state index contributed by atoms with van der Waals surface area (Å²) in [6.45, 7) is 5.78. The Labute approximate surface area is 209 Å². The zero-order valence-electron chi connectivity index (χ0n) is 20.0. The van der Waals surface area contributed by atoms with Crippen molar-refractivity contribution in [2.45, 2.75) is 45.8 Å². The van der Waals surface area contributed by atoms with Gasteiger partial charge in [-0.3, -0.25) is 9.59 Å². The van der Waals surface area contributed by atoms with Crippen LogP contribution in [-0.2, 0) is 16.1 Å². The molecule has 0 aliphatic carbocycles. The van der Waals surface area contributed by atoms with Gasteiger partial charge in [-0.2, -0.15) is 0 Å². The first-order valence-electron chi connectivity index (χ1n) is 11.4. The lowest BCUT2D eigenvalue weighted by Gasteiger charge is -2.31. The number of halogens is 1. The van der Waals surface area contributed by atoms with Crippen molar-refractivity contribution in [3.63, 3.8) is 0 Å². The number of nitrogens with zero attached hydrogens (tertiary/aromatic N) is 1. The Morgan fingerprint density at radius 2 is 1.82 bits per heavy atom. The summed E-state index contributed by atoms with van der Waals surface area (Å²) >= 11 is 3.60. The van der Waals surface area contributed by atoms with Gasteiger partial charge in [-0.1, -0.05) is 49.4 Å². The van der Waals surface area contributed by atoms with Crippen LogP contribution in [0.3, 0.4) is 0 Å². The molecule has 3 aromatic carbocycles. The molecule has 2 amide bonds. The second kappa shape index (κ2) is 11.9. The second-order valence-electron chi connectivity index (χ2n) is 8.35. The lowest BCUT2D eigenvalue weighted by molar-refractivity contribution is -0.143. The Morgan fingerprint density at radius 1 is 1.06 bits per heavy atom. The van der Waals surface area contributed by atoms with E-state index in [2.05, 4.69) is 21.2 Å². The van der Waals surface area contributed by atoms with Crippen molar-refractivity contribution in [1.82, 2.24) is 10.2 Å². The molecule has 0 aliphatic heterocycles. The number of carbonyl (C=O) groups excluding carboxylic acids is 2. The summed E-state index contributed by atoms with van der Waals surface area (Å²) < 4.78 is 12.0. The fraction of sp³-hybridized carbons (Fsp3) is 0.333. The molecule has 34 heavy (non-hydrogen) atoms. The molecule has 0 spiro atoms. The number of amides is 2. The highest BCUT2D eigenvalue weighted by atomic mass is 79.9. The van der Waals surface area contributed by atoms with Gasteiger partial charge in [0.15, 0.2) is 6.61 Å². The molecule has 0 aromatic heterocycles. The molecule has 0 saturated heterocycles. The zero-order chi connectivity index (χ0) is 24.7. The van der Waals surface area contributed by atoms with Crippen molar-refractivity contribution in [2.75, 3.05) is 13.7 Å². The first-order chi connectivity index (χ1) is 16.3. The van der Waals surface area contributed by atoms with Crippen LogP contribution in [0, 0.1) is 0 Å². The summed E-state index contributed by atoms with van der Waals surface area (Å²) in [5.41, 5.74) is 0.871. The molecule has 1 N–H and O–H groups in total. The molecule has 3 aromatic rings. The highest BCUT2D eigenvalue weighted by Gasteiger charge is 2.29. The van der Waals surface area contributed by atoms with Gasteiger partial charge < -0.3 is 19.7 Å². The van der Waals surface area contributed by atoms with E-state index in [-0.39, 0.29) is 31.0 Å². The largest absolute Gasteiger partial charge is 0.497 e. The molecule has 0 radical (unpaired) electrons. The van der Waals surface area contributed by atoms with Crippen LogP contribution in [-0.4, -0.2) is 42.5 Å². The van der Waals surface area contributed by atoms with E-state index >= 15 is 0 Å². The molecule has 6 nitrogen and oxygen atoms in total. The van der Waals surface area contributed by atoms with Crippen LogP contribution in [0.2, 0.25) is 0 Å².